The standard InChI is InChI=1S/C29H23FN6O4/c30-21-9-7-20(8-10-21)28(29(38)32-22-11-12-25-26(14-22)40-18-39-25)35(16-19-4-3-13-31-15-19)27(37)17-36-24-6-2-1-5-23(24)33-34-36/h1-15,28H,16-18H2,(H,32,38). The van der Waals surface area contributed by atoms with Crippen molar-refractivity contribution in [2.45, 2.75) is 19.1 Å². The van der Waals surface area contributed by atoms with Gasteiger partial charge in [-0.05, 0) is 53.6 Å². The van der Waals surface area contributed by atoms with Crippen molar-refractivity contribution in [2.75, 3.05) is 12.1 Å². The van der Waals surface area contributed by atoms with Gasteiger partial charge in [0.25, 0.3) is 5.91 Å². The Balaban J connectivity index is 1.37. The number of pyridine rings is 1. The second-order valence-electron chi connectivity index (χ2n) is 9.13. The second kappa shape index (κ2) is 10.8. The predicted octanol–water partition coefficient (Wildman–Crippen LogP) is 4.10. The zero-order chi connectivity index (χ0) is 27.5. The zero-order valence-corrected chi connectivity index (χ0v) is 21.1. The van der Waals surface area contributed by atoms with E-state index in [1.54, 1.807) is 42.7 Å². The van der Waals surface area contributed by atoms with E-state index in [4.69, 9.17) is 9.47 Å². The quantitative estimate of drug-likeness (QED) is 0.317. The molecule has 2 aromatic heterocycles. The van der Waals surface area contributed by atoms with Gasteiger partial charge in [0.15, 0.2) is 11.5 Å². The van der Waals surface area contributed by atoms with Crippen LogP contribution in [0.4, 0.5) is 10.1 Å². The van der Waals surface area contributed by atoms with E-state index in [9.17, 15) is 14.0 Å². The maximum absolute atomic E-state index is 14.0. The van der Waals surface area contributed by atoms with Gasteiger partial charge in [-0.2, -0.15) is 0 Å². The van der Waals surface area contributed by atoms with Gasteiger partial charge in [-0.15, -0.1) is 5.10 Å². The first-order valence-electron chi connectivity index (χ1n) is 12.5. The minimum atomic E-state index is -1.12. The van der Waals surface area contributed by atoms with Gasteiger partial charge in [-0.25, -0.2) is 9.07 Å². The van der Waals surface area contributed by atoms with Crippen molar-refractivity contribution in [3.05, 3.63) is 108 Å². The summed E-state index contributed by atoms with van der Waals surface area (Å²) in [4.78, 5) is 33.5. The van der Waals surface area contributed by atoms with Crippen molar-refractivity contribution < 1.29 is 23.5 Å². The highest BCUT2D eigenvalue weighted by Crippen LogP contribution is 2.35. The largest absolute Gasteiger partial charge is 0.454 e. The number of benzene rings is 3. The molecule has 3 heterocycles. The molecule has 1 aliphatic heterocycles. The minimum Gasteiger partial charge on any atom is -0.454 e. The number of ether oxygens (including phenoxy) is 2. The van der Waals surface area contributed by atoms with Crippen LogP contribution in [0.5, 0.6) is 11.5 Å². The lowest BCUT2D eigenvalue weighted by Crippen LogP contribution is -2.42. The minimum absolute atomic E-state index is 0.0654. The number of halogens is 1. The lowest BCUT2D eigenvalue weighted by atomic mass is 10.0. The Bertz CT molecular complexity index is 1680. The Morgan fingerprint density at radius 2 is 1.82 bits per heavy atom. The molecule has 2 amide bonds. The topological polar surface area (TPSA) is 111 Å². The summed E-state index contributed by atoms with van der Waals surface area (Å²) in [6.07, 6.45) is 3.25. The summed E-state index contributed by atoms with van der Waals surface area (Å²) >= 11 is 0. The Labute approximate surface area is 228 Å². The number of rotatable bonds is 8. The number of carbonyl (C=O) groups excluding carboxylic acids is 2. The van der Waals surface area contributed by atoms with Gasteiger partial charge < -0.3 is 19.7 Å². The van der Waals surface area contributed by atoms with Crippen molar-refractivity contribution in [3.8, 4) is 11.5 Å². The average molecular weight is 539 g/mol. The summed E-state index contributed by atoms with van der Waals surface area (Å²) in [5, 5.41) is 11.2. The van der Waals surface area contributed by atoms with Gasteiger partial charge in [0, 0.05) is 30.7 Å². The highest BCUT2D eigenvalue weighted by Gasteiger charge is 2.33. The first kappa shape index (κ1) is 25.0. The molecule has 5 aromatic rings. The lowest BCUT2D eigenvalue weighted by Gasteiger charge is -2.31. The number of anilines is 1. The number of hydrogen-bond donors (Lipinski definition) is 1. The SMILES string of the molecule is O=C(Nc1ccc2c(c1)OCO2)C(c1ccc(F)cc1)N(Cc1cccnc1)C(=O)Cn1nnc2ccccc21. The van der Waals surface area contributed by atoms with E-state index < -0.39 is 23.7 Å². The fraction of sp³-hybridized carbons (Fsp3) is 0.138. The highest BCUT2D eigenvalue weighted by atomic mass is 19.1. The van der Waals surface area contributed by atoms with Crippen LogP contribution in [-0.2, 0) is 22.7 Å². The third-order valence-corrected chi connectivity index (χ3v) is 6.49. The van der Waals surface area contributed by atoms with E-state index in [2.05, 4.69) is 20.6 Å². The number of fused-ring (bicyclic) bond motifs is 2. The Hall–Kier alpha value is -5.32. The lowest BCUT2D eigenvalue weighted by molar-refractivity contribution is -0.140. The number of para-hydroxylation sites is 1. The van der Waals surface area contributed by atoms with E-state index in [0.29, 0.717) is 39.3 Å². The van der Waals surface area contributed by atoms with E-state index in [1.807, 2.05) is 24.3 Å². The average Bonchev–Trinajstić information content (AvgIpc) is 3.61. The van der Waals surface area contributed by atoms with Crippen molar-refractivity contribution in [2.24, 2.45) is 0 Å². The number of nitrogens with zero attached hydrogens (tertiary/aromatic N) is 5. The normalized spacial score (nSPS) is 12.7. The number of aromatic nitrogens is 4. The fourth-order valence-electron chi connectivity index (χ4n) is 4.57. The molecule has 1 unspecified atom stereocenters. The highest BCUT2D eigenvalue weighted by molar-refractivity contribution is 5.98. The molecule has 0 saturated heterocycles. The van der Waals surface area contributed by atoms with Crippen LogP contribution in [0.2, 0.25) is 0 Å². The summed E-state index contributed by atoms with van der Waals surface area (Å²) in [6, 6.07) is 20.3. The molecular formula is C29H23FN6O4. The van der Waals surface area contributed by atoms with Crippen molar-refractivity contribution in [1.29, 1.82) is 0 Å². The Kier molecular flexibility index (Phi) is 6.75. The molecule has 11 heteroatoms. The summed E-state index contributed by atoms with van der Waals surface area (Å²) in [5.74, 6) is -0.280. The van der Waals surface area contributed by atoms with Crippen LogP contribution in [0, 0.1) is 5.82 Å². The molecule has 40 heavy (non-hydrogen) atoms. The zero-order valence-electron chi connectivity index (χ0n) is 21.1. The molecule has 0 saturated carbocycles. The molecule has 6 rings (SSSR count). The third-order valence-electron chi connectivity index (χ3n) is 6.49. The smallest absolute Gasteiger partial charge is 0.251 e. The molecule has 1 aliphatic rings. The van der Waals surface area contributed by atoms with Gasteiger partial charge in [0.05, 0.1) is 5.52 Å². The van der Waals surface area contributed by atoms with Crippen LogP contribution >= 0.6 is 0 Å². The number of nitrogens with one attached hydrogen (secondary N) is 1. The van der Waals surface area contributed by atoms with Crippen molar-refractivity contribution in [1.82, 2.24) is 24.9 Å². The number of carbonyl (C=O) groups is 2. The molecule has 1 N–H and O–H groups in total. The fourth-order valence-corrected chi connectivity index (χ4v) is 4.57. The van der Waals surface area contributed by atoms with Crippen molar-refractivity contribution >= 4 is 28.5 Å². The van der Waals surface area contributed by atoms with Crippen LogP contribution in [0.3, 0.4) is 0 Å². The monoisotopic (exact) mass is 538 g/mol. The second-order valence-corrected chi connectivity index (χ2v) is 9.13. The summed E-state index contributed by atoms with van der Waals surface area (Å²) in [6.45, 7) is -0.0129. The van der Waals surface area contributed by atoms with Crippen LogP contribution < -0.4 is 14.8 Å². The molecule has 0 spiro atoms. The molecule has 1 atom stereocenters. The van der Waals surface area contributed by atoms with Gasteiger partial charge in [-0.1, -0.05) is 35.5 Å². The molecule has 0 bridgehead atoms. The molecule has 10 nitrogen and oxygen atoms in total. The maximum Gasteiger partial charge on any atom is 0.251 e. The molecule has 0 fully saturated rings. The predicted molar refractivity (Wildman–Crippen MR) is 143 cm³/mol. The van der Waals surface area contributed by atoms with Crippen LogP contribution in [0.15, 0.2) is 91.3 Å². The Morgan fingerprint density at radius 1 is 1.00 bits per heavy atom. The maximum atomic E-state index is 14.0. The summed E-state index contributed by atoms with van der Waals surface area (Å²) < 4.78 is 26.2. The van der Waals surface area contributed by atoms with Crippen LogP contribution in [0.1, 0.15) is 17.2 Å². The number of hydrogen-bond acceptors (Lipinski definition) is 7. The van der Waals surface area contributed by atoms with E-state index in [1.165, 1.54) is 33.8 Å². The Morgan fingerprint density at radius 3 is 2.65 bits per heavy atom. The summed E-state index contributed by atoms with van der Waals surface area (Å²) in [5.41, 5.74) is 2.92. The molecule has 0 radical (unpaired) electrons. The van der Waals surface area contributed by atoms with Crippen LogP contribution in [0.25, 0.3) is 11.0 Å². The molecular weight excluding hydrogens is 515 g/mol. The van der Waals surface area contributed by atoms with Crippen molar-refractivity contribution in [3.63, 3.8) is 0 Å². The van der Waals surface area contributed by atoms with Gasteiger partial charge >= 0.3 is 0 Å². The van der Waals surface area contributed by atoms with E-state index in [-0.39, 0.29) is 19.9 Å². The van der Waals surface area contributed by atoms with Gasteiger partial charge in [0.2, 0.25) is 12.7 Å². The molecule has 0 aliphatic carbocycles. The summed E-state index contributed by atoms with van der Waals surface area (Å²) in [7, 11) is 0. The first-order chi connectivity index (χ1) is 19.5. The number of amides is 2. The van der Waals surface area contributed by atoms with Gasteiger partial charge in [0.1, 0.15) is 23.9 Å². The van der Waals surface area contributed by atoms with E-state index >= 15 is 0 Å². The molecule has 200 valence electrons. The van der Waals surface area contributed by atoms with E-state index in [0.717, 1.165) is 0 Å². The van der Waals surface area contributed by atoms with Gasteiger partial charge in [-0.3, -0.25) is 14.6 Å². The first-order valence-corrected chi connectivity index (χ1v) is 12.5. The third kappa shape index (κ3) is 5.17. The molecule has 3 aromatic carbocycles. The van der Waals surface area contributed by atoms with Crippen LogP contribution in [-0.4, -0.2) is 43.5 Å².